The Morgan fingerprint density at radius 3 is 2.06 bits per heavy atom. The quantitative estimate of drug-likeness (QED) is 0.703. The van der Waals surface area contributed by atoms with E-state index in [1.54, 1.807) is 0 Å². The Bertz CT molecular complexity index is 316. The summed E-state index contributed by atoms with van der Waals surface area (Å²) in [6, 6.07) is 0.642. The van der Waals surface area contributed by atoms with Gasteiger partial charge in [0.05, 0.1) is 0 Å². The molecule has 2 aliphatic rings. The number of hydrogen-bond donors (Lipinski definition) is 1. The molecule has 0 radical (unpaired) electrons. The van der Waals surface area contributed by atoms with E-state index in [4.69, 9.17) is 5.11 Å². The average Bonchev–Trinajstić information content (AvgIpc) is 2.39. The number of amides is 1. The number of rotatable bonds is 1. The number of piperazine rings is 1. The number of nitrogens with zero attached hydrogens (tertiary/aromatic N) is 2. The van der Waals surface area contributed by atoms with E-state index in [1.807, 2.05) is 0 Å². The smallest absolute Gasteiger partial charge is 0.394 e. The van der Waals surface area contributed by atoms with Gasteiger partial charge in [-0.3, -0.25) is 9.69 Å². The highest BCUT2D eigenvalue weighted by Gasteiger charge is 2.30. The molecule has 0 aromatic heterocycles. The monoisotopic (exact) mass is 254 g/mol. The molecule has 0 unspecified atom stereocenters. The molecule has 2 fully saturated rings. The van der Waals surface area contributed by atoms with E-state index in [0.29, 0.717) is 19.1 Å². The van der Waals surface area contributed by atoms with Gasteiger partial charge in [-0.1, -0.05) is 6.92 Å². The molecule has 2 rings (SSSR count). The number of carbonyl (C=O) groups is 2. The maximum atomic E-state index is 11.3. The van der Waals surface area contributed by atoms with E-state index in [-0.39, 0.29) is 0 Å². The molecule has 1 heterocycles. The van der Waals surface area contributed by atoms with Crippen molar-refractivity contribution >= 4 is 11.9 Å². The Balaban J connectivity index is 1.80. The topological polar surface area (TPSA) is 60.9 Å². The molecule has 5 heteroatoms. The number of carboxylic acids is 1. The van der Waals surface area contributed by atoms with E-state index in [1.165, 1.54) is 30.6 Å². The fourth-order valence-corrected chi connectivity index (χ4v) is 3.03. The summed E-state index contributed by atoms with van der Waals surface area (Å²) in [5.74, 6) is -1.25. The van der Waals surface area contributed by atoms with Crippen molar-refractivity contribution in [3.05, 3.63) is 0 Å². The molecular weight excluding hydrogens is 232 g/mol. The van der Waals surface area contributed by atoms with Crippen molar-refractivity contribution in [2.75, 3.05) is 26.2 Å². The highest BCUT2D eigenvalue weighted by atomic mass is 16.4. The lowest BCUT2D eigenvalue weighted by molar-refractivity contribution is -0.157. The van der Waals surface area contributed by atoms with Gasteiger partial charge in [0.2, 0.25) is 0 Å². The minimum atomic E-state index is -1.34. The summed E-state index contributed by atoms with van der Waals surface area (Å²) in [7, 11) is 0. The van der Waals surface area contributed by atoms with Crippen LogP contribution in [0.25, 0.3) is 0 Å². The van der Waals surface area contributed by atoms with Crippen molar-refractivity contribution in [1.82, 2.24) is 9.80 Å². The van der Waals surface area contributed by atoms with Crippen LogP contribution in [0.1, 0.15) is 32.6 Å². The average molecular weight is 254 g/mol. The van der Waals surface area contributed by atoms with E-state index >= 15 is 0 Å². The standard InChI is InChI=1S/C13H22N2O3/c1-10-2-4-11(5-3-10)14-6-8-15(9-7-14)12(16)13(17)18/h10-11H,2-9H2,1H3,(H,17,18). The van der Waals surface area contributed by atoms with Crippen molar-refractivity contribution in [1.29, 1.82) is 0 Å². The fourth-order valence-electron chi connectivity index (χ4n) is 3.03. The van der Waals surface area contributed by atoms with Gasteiger partial charge in [0.25, 0.3) is 0 Å². The van der Waals surface area contributed by atoms with Crippen LogP contribution in [-0.2, 0) is 9.59 Å². The summed E-state index contributed by atoms with van der Waals surface area (Å²) >= 11 is 0. The Labute approximate surface area is 108 Å². The van der Waals surface area contributed by atoms with Crippen LogP contribution in [0.2, 0.25) is 0 Å². The highest BCUT2D eigenvalue weighted by Crippen LogP contribution is 2.27. The van der Waals surface area contributed by atoms with Gasteiger partial charge in [0.1, 0.15) is 0 Å². The molecule has 5 nitrogen and oxygen atoms in total. The summed E-state index contributed by atoms with van der Waals surface area (Å²) in [5, 5.41) is 8.67. The first-order valence-electron chi connectivity index (χ1n) is 6.84. The van der Waals surface area contributed by atoms with Crippen LogP contribution < -0.4 is 0 Å². The van der Waals surface area contributed by atoms with Gasteiger partial charge in [-0.15, -0.1) is 0 Å². The Morgan fingerprint density at radius 2 is 1.56 bits per heavy atom. The summed E-state index contributed by atoms with van der Waals surface area (Å²) in [6.07, 6.45) is 5.07. The van der Waals surface area contributed by atoms with Crippen LogP contribution in [0.4, 0.5) is 0 Å². The third-order valence-corrected chi connectivity index (χ3v) is 4.29. The Morgan fingerprint density at radius 1 is 1.00 bits per heavy atom. The van der Waals surface area contributed by atoms with Gasteiger partial charge in [-0.25, -0.2) is 4.79 Å². The van der Waals surface area contributed by atoms with Crippen molar-refractivity contribution in [2.24, 2.45) is 5.92 Å². The molecule has 1 saturated heterocycles. The minimum Gasteiger partial charge on any atom is -0.474 e. The second kappa shape index (κ2) is 5.69. The predicted molar refractivity (Wildman–Crippen MR) is 67.2 cm³/mol. The molecule has 1 N–H and O–H groups in total. The van der Waals surface area contributed by atoms with Gasteiger partial charge in [0, 0.05) is 32.2 Å². The van der Waals surface area contributed by atoms with Crippen molar-refractivity contribution in [2.45, 2.75) is 38.6 Å². The molecule has 102 valence electrons. The Hall–Kier alpha value is -1.10. The molecule has 1 aliphatic carbocycles. The first-order chi connectivity index (χ1) is 8.58. The molecule has 1 amide bonds. The third-order valence-electron chi connectivity index (χ3n) is 4.29. The molecule has 0 bridgehead atoms. The van der Waals surface area contributed by atoms with E-state index in [9.17, 15) is 9.59 Å². The van der Waals surface area contributed by atoms with E-state index in [0.717, 1.165) is 19.0 Å². The lowest BCUT2D eigenvalue weighted by atomic mass is 9.86. The lowest BCUT2D eigenvalue weighted by Gasteiger charge is -2.41. The molecule has 0 spiro atoms. The summed E-state index contributed by atoms with van der Waals surface area (Å²) in [6.45, 7) is 5.05. The van der Waals surface area contributed by atoms with Gasteiger partial charge in [-0.05, 0) is 31.6 Å². The maximum absolute atomic E-state index is 11.3. The molecule has 0 atom stereocenters. The van der Waals surface area contributed by atoms with Crippen LogP contribution >= 0.6 is 0 Å². The largest absolute Gasteiger partial charge is 0.474 e. The summed E-state index contributed by atoms with van der Waals surface area (Å²) < 4.78 is 0. The van der Waals surface area contributed by atoms with Crippen molar-refractivity contribution < 1.29 is 14.7 Å². The number of carboxylic acid groups (broad SMARTS) is 1. The SMILES string of the molecule is CC1CCC(N2CCN(C(=O)C(=O)O)CC2)CC1. The molecule has 0 aromatic rings. The van der Waals surface area contributed by atoms with E-state index in [2.05, 4.69) is 11.8 Å². The zero-order valence-corrected chi connectivity index (χ0v) is 11.0. The van der Waals surface area contributed by atoms with Crippen LogP contribution in [0.5, 0.6) is 0 Å². The van der Waals surface area contributed by atoms with Crippen LogP contribution in [0.15, 0.2) is 0 Å². The zero-order valence-electron chi connectivity index (χ0n) is 11.0. The normalized spacial score (nSPS) is 30.2. The third kappa shape index (κ3) is 3.02. The van der Waals surface area contributed by atoms with Crippen molar-refractivity contribution in [3.8, 4) is 0 Å². The number of carbonyl (C=O) groups excluding carboxylic acids is 1. The molecule has 18 heavy (non-hydrogen) atoms. The number of aliphatic carboxylic acids is 1. The molecular formula is C13H22N2O3. The van der Waals surface area contributed by atoms with Gasteiger partial charge < -0.3 is 10.0 Å². The van der Waals surface area contributed by atoms with Gasteiger partial charge in [0.15, 0.2) is 0 Å². The molecule has 0 aromatic carbocycles. The predicted octanol–water partition coefficient (Wildman–Crippen LogP) is 0.794. The maximum Gasteiger partial charge on any atom is 0.394 e. The second-order valence-corrected chi connectivity index (χ2v) is 5.55. The fraction of sp³-hybridized carbons (Fsp3) is 0.846. The van der Waals surface area contributed by atoms with Crippen LogP contribution in [0, 0.1) is 5.92 Å². The van der Waals surface area contributed by atoms with E-state index < -0.39 is 11.9 Å². The van der Waals surface area contributed by atoms with Crippen molar-refractivity contribution in [3.63, 3.8) is 0 Å². The van der Waals surface area contributed by atoms with Crippen LogP contribution in [-0.4, -0.2) is 59.0 Å². The first-order valence-corrected chi connectivity index (χ1v) is 6.84. The zero-order chi connectivity index (χ0) is 13.1. The summed E-state index contributed by atoms with van der Waals surface area (Å²) in [5.41, 5.74) is 0. The minimum absolute atomic E-state index is 0.553. The molecule has 1 aliphatic heterocycles. The van der Waals surface area contributed by atoms with Gasteiger partial charge in [-0.2, -0.15) is 0 Å². The highest BCUT2D eigenvalue weighted by molar-refractivity contribution is 6.31. The number of hydrogen-bond acceptors (Lipinski definition) is 3. The lowest BCUT2D eigenvalue weighted by Crippen LogP contribution is -2.53. The summed E-state index contributed by atoms with van der Waals surface area (Å²) in [4.78, 5) is 25.8. The first kappa shape index (κ1) is 13.3. The molecule has 1 saturated carbocycles. The second-order valence-electron chi connectivity index (χ2n) is 5.55. The van der Waals surface area contributed by atoms with Gasteiger partial charge >= 0.3 is 11.9 Å². The Kier molecular flexibility index (Phi) is 4.22. The van der Waals surface area contributed by atoms with Crippen LogP contribution in [0.3, 0.4) is 0 Å².